The summed E-state index contributed by atoms with van der Waals surface area (Å²) in [6, 6.07) is 11.6. The van der Waals surface area contributed by atoms with Crippen molar-refractivity contribution in [2.24, 2.45) is 0 Å². The highest BCUT2D eigenvalue weighted by Crippen LogP contribution is 2.26. The summed E-state index contributed by atoms with van der Waals surface area (Å²) in [5.74, 6) is -0.226. The normalized spacial score (nSPS) is 14.7. The molecule has 152 valence electrons. The van der Waals surface area contributed by atoms with Crippen molar-refractivity contribution in [3.63, 3.8) is 0 Å². The van der Waals surface area contributed by atoms with Gasteiger partial charge in [-0.05, 0) is 30.3 Å². The summed E-state index contributed by atoms with van der Waals surface area (Å²) in [6.45, 7) is 23.0. The molecule has 27 heavy (non-hydrogen) atoms. The van der Waals surface area contributed by atoms with Crippen LogP contribution < -0.4 is 0 Å². The molecule has 0 aromatic heterocycles. The summed E-state index contributed by atoms with van der Waals surface area (Å²) in [6.07, 6.45) is 0.801. The number of carbonyl (C=O) groups is 1. The number of nitrogens with zero attached hydrogens (tertiary/aromatic N) is 1. The Bertz CT molecular complexity index is 617. The fourth-order valence-electron chi connectivity index (χ4n) is 3.45. The van der Waals surface area contributed by atoms with Crippen LogP contribution in [0.4, 0.5) is 0 Å². The summed E-state index contributed by atoms with van der Waals surface area (Å²) in [4.78, 5) is 14.3. The van der Waals surface area contributed by atoms with E-state index in [0.29, 0.717) is 0 Å². The van der Waals surface area contributed by atoms with Crippen LogP contribution in [0.1, 0.15) is 19.4 Å². The highest BCUT2D eigenvalue weighted by atomic mass is 28.3. The Morgan fingerprint density at radius 1 is 1.07 bits per heavy atom. The molecule has 0 aliphatic heterocycles. The first-order valence-electron chi connectivity index (χ1n) is 9.91. The number of hydrogen-bond acceptors (Lipinski definition) is 3. The van der Waals surface area contributed by atoms with Gasteiger partial charge in [0.15, 0.2) is 0 Å². The van der Waals surface area contributed by atoms with E-state index in [2.05, 4.69) is 82.0 Å². The van der Waals surface area contributed by atoms with Crippen molar-refractivity contribution in [1.29, 1.82) is 0 Å². The van der Waals surface area contributed by atoms with Crippen molar-refractivity contribution in [2.45, 2.75) is 77.9 Å². The molecule has 0 unspecified atom stereocenters. The third-order valence-electron chi connectivity index (χ3n) is 4.37. The van der Waals surface area contributed by atoms with Gasteiger partial charge in [0.25, 0.3) is 0 Å². The Kier molecular flexibility index (Phi) is 8.70. The summed E-state index contributed by atoms with van der Waals surface area (Å²) in [5, 5.41) is 0. The lowest BCUT2D eigenvalue weighted by Gasteiger charge is -2.39. The van der Waals surface area contributed by atoms with E-state index in [0.717, 1.165) is 24.3 Å². The van der Waals surface area contributed by atoms with Crippen LogP contribution in [0.3, 0.4) is 0 Å². The minimum Gasteiger partial charge on any atom is -0.456 e. The number of esters is 1. The first kappa shape index (κ1) is 23.9. The van der Waals surface area contributed by atoms with Crippen molar-refractivity contribution >= 4 is 22.1 Å². The van der Waals surface area contributed by atoms with Gasteiger partial charge in [-0.15, -0.1) is 0 Å². The lowest BCUT2D eigenvalue weighted by molar-refractivity contribution is -0.147. The van der Waals surface area contributed by atoms with Gasteiger partial charge in [-0.2, -0.15) is 0 Å². The zero-order chi connectivity index (χ0) is 20.8. The van der Waals surface area contributed by atoms with Crippen LogP contribution in [0, 0.1) is 0 Å². The predicted octanol–water partition coefficient (Wildman–Crippen LogP) is 5.58. The molecule has 2 atom stereocenters. The summed E-state index contributed by atoms with van der Waals surface area (Å²) in [7, 11) is -2.68. The molecule has 0 fully saturated rings. The van der Waals surface area contributed by atoms with Crippen molar-refractivity contribution in [3.05, 3.63) is 48.0 Å². The predicted molar refractivity (Wildman–Crippen MR) is 123 cm³/mol. The second-order valence-corrected chi connectivity index (χ2v) is 21.0. The molecule has 0 saturated carbocycles. The molecular weight excluding hydrogens is 366 g/mol. The summed E-state index contributed by atoms with van der Waals surface area (Å²) >= 11 is 0. The minimum atomic E-state index is -1.34. The third kappa shape index (κ3) is 9.54. The van der Waals surface area contributed by atoms with Crippen LogP contribution in [-0.2, 0) is 16.1 Å². The van der Waals surface area contributed by atoms with Crippen molar-refractivity contribution in [1.82, 2.24) is 4.90 Å². The van der Waals surface area contributed by atoms with E-state index in [4.69, 9.17) is 4.74 Å². The molecule has 1 aromatic carbocycles. The minimum absolute atomic E-state index is 0.102. The topological polar surface area (TPSA) is 29.5 Å². The highest BCUT2D eigenvalue weighted by Gasteiger charge is 2.32. The Balaban J connectivity index is 3.12. The molecule has 0 radical (unpaired) electrons. The smallest absolute Gasteiger partial charge is 0.303 e. The first-order chi connectivity index (χ1) is 12.3. The van der Waals surface area contributed by atoms with Gasteiger partial charge in [0.05, 0.1) is 8.07 Å². The maximum atomic E-state index is 11.8. The van der Waals surface area contributed by atoms with Gasteiger partial charge >= 0.3 is 5.97 Å². The third-order valence-corrected chi connectivity index (χ3v) is 7.24. The van der Waals surface area contributed by atoms with E-state index in [9.17, 15) is 4.79 Å². The standard InChI is InChI=1S/C22H39NO2Si2/c1-18(16-26(4,5)6)22(25-20(3)24)19(2)23(17-27(7,8)9)15-21-13-11-10-12-14-21/h10-14,19,22H,1,15-17H2,2-9H3/t19-,22+/m0/s1. The van der Waals surface area contributed by atoms with E-state index >= 15 is 0 Å². The quantitative estimate of drug-likeness (QED) is 0.289. The van der Waals surface area contributed by atoms with Gasteiger partial charge in [-0.25, -0.2) is 0 Å². The average Bonchev–Trinajstić information content (AvgIpc) is 2.49. The second kappa shape index (κ2) is 9.85. The Hall–Kier alpha value is -1.18. The largest absolute Gasteiger partial charge is 0.456 e. The molecule has 0 aliphatic rings. The van der Waals surface area contributed by atoms with Gasteiger partial charge in [-0.1, -0.05) is 76.2 Å². The SMILES string of the molecule is C=C(C[Si](C)(C)C)[C@@H](OC(C)=O)[C@H](C)N(Cc1ccccc1)C[Si](C)(C)C. The Morgan fingerprint density at radius 3 is 2.07 bits per heavy atom. The summed E-state index contributed by atoms with van der Waals surface area (Å²) in [5.41, 5.74) is 2.35. The van der Waals surface area contributed by atoms with Gasteiger partial charge in [0, 0.05) is 27.6 Å². The van der Waals surface area contributed by atoms with Gasteiger partial charge in [0.2, 0.25) is 0 Å². The van der Waals surface area contributed by atoms with Crippen LogP contribution in [0.25, 0.3) is 0 Å². The maximum absolute atomic E-state index is 11.8. The van der Waals surface area contributed by atoms with E-state index in [1.54, 1.807) is 0 Å². The molecular formula is C22H39NO2Si2. The van der Waals surface area contributed by atoms with Gasteiger partial charge in [-0.3, -0.25) is 9.69 Å². The number of ether oxygens (including phenoxy) is 1. The lowest BCUT2D eigenvalue weighted by atomic mass is 10.0. The Morgan fingerprint density at radius 2 is 1.63 bits per heavy atom. The fraction of sp³-hybridized carbons (Fsp3) is 0.591. The second-order valence-electron chi connectivity index (χ2n) is 10.1. The van der Waals surface area contributed by atoms with Crippen LogP contribution in [-0.4, -0.2) is 45.3 Å². The monoisotopic (exact) mass is 405 g/mol. The van der Waals surface area contributed by atoms with E-state index in [-0.39, 0.29) is 18.1 Å². The molecule has 0 spiro atoms. The zero-order valence-electron chi connectivity index (χ0n) is 18.6. The number of rotatable bonds is 10. The molecule has 0 bridgehead atoms. The van der Waals surface area contributed by atoms with Gasteiger partial charge < -0.3 is 4.74 Å². The summed E-state index contributed by atoms with van der Waals surface area (Å²) < 4.78 is 5.81. The van der Waals surface area contributed by atoms with Crippen molar-refractivity contribution in [2.75, 3.05) is 6.17 Å². The molecule has 3 nitrogen and oxygen atoms in total. The Labute approximate surface area is 168 Å². The lowest BCUT2D eigenvalue weighted by Crippen LogP contribution is -2.50. The van der Waals surface area contributed by atoms with E-state index in [1.165, 1.54) is 12.5 Å². The molecule has 1 rings (SSSR count). The van der Waals surface area contributed by atoms with Crippen LogP contribution in [0.2, 0.25) is 45.3 Å². The van der Waals surface area contributed by atoms with E-state index < -0.39 is 16.1 Å². The molecule has 0 amide bonds. The average molecular weight is 406 g/mol. The van der Waals surface area contributed by atoms with Crippen LogP contribution in [0.15, 0.2) is 42.5 Å². The van der Waals surface area contributed by atoms with Crippen LogP contribution >= 0.6 is 0 Å². The molecule has 0 N–H and O–H groups in total. The highest BCUT2D eigenvalue weighted by molar-refractivity contribution is 6.76. The molecule has 5 heteroatoms. The molecule has 0 saturated heterocycles. The fourth-order valence-corrected chi connectivity index (χ4v) is 6.63. The maximum Gasteiger partial charge on any atom is 0.303 e. The zero-order valence-corrected chi connectivity index (χ0v) is 20.6. The number of benzene rings is 1. The molecule has 0 heterocycles. The van der Waals surface area contributed by atoms with E-state index in [1.807, 2.05) is 6.07 Å². The van der Waals surface area contributed by atoms with Gasteiger partial charge in [0.1, 0.15) is 6.10 Å². The number of hydrogen-bond donors (Lipinski definition) is 0. The molecule has 1 aromatic rings. The molecule has 0 aliphatic carbocycles. The number of carbonyl (C=O) groups excluding carboxylic acids is 1. The van der Waals surface area contributed by atoms with Crippen molar-refractivity contribution in [3.8, 4) is 0 Å². The first-order valence-corrected chi connectivity index (χ1v) is 17.3. The van der Waals surface area contributed by atoms with Crippen molar-refractivity contribution < 1.29 is 9.53 Å². The van der Waals surface area contributed by atoms with Crippen LogP contribution in [0.5, 0.6) is 0 Å².